The lowest BCUT2D eigenvalue weighted by Gasteiger charge is -2.22. The molecule has 40 heavy (non-hydrogen) atoms. The van der Waals surface area contributed by atoms with Gasteiger partial charge in [-0.1, -0.05) is 19.9 Å². The van der Waals surface area contributed by atoms with E-state index >= 15 is 0 Å². The molecule has 6 rings (SSSR count). The van der Waals surface area contributed by atoms with Crippen LogP contribution in [0.5, 0.6) is 0 Å². The Bertz CT molecular complexity index is 1630. The molecule has 1 aliphatic rings. The molecule has 1 unspecified atom stereocenters. The largest absolute Gasteiger partial charge is 0.433 e. The molecule has 0 aromatic carbocycles. The fraction of sp³-hybridized carbons (Fsp3) is 0.321. The number of rotatable bonds is 6. The lowest BCUT2D eigenvalue weighted by atomic mass is 9.97. The summed E-state index contributed by atoms with van der Waals surface area (Å²) in [6, 6.07) is 10.1. The van der Waals surface area contributed by atoms with Gasteiger partial charge in [-0.05, 0) is 60.2 Å². The summed E-state index contributed by atoms with van der Waals surface area (Å²) < 4.78 is 42.6. The van der Waals surface area contributed by atoms with E-state index < -0.39 is 11.9 Å². The van der Waals surface area contributed by atoms with E-state index in [9.17, 15) is 13.2 Å². The van der Waals surface area contributed by atoms with Gasteiger partial charge in [0.1, 0.15) is 11.5 Å². The summed E-state index contributed by atoms with van der Waals surface area (Å²) in [5.41, 5.74) is 9.55. The summed E-state index contributed by atoms with van der Waals surface area (Å²) in [5, 5.41) is 8.97. The van der Waals surface area contributed by atoms with E-state index in [1.165, 1.54) is 25.1 Å². The van der Waals surface area contributed by atoms with Gasteiger partial charge in [-0.25, -0.2) is 9.50 Å². The highest BCUT2D eigenvalue weighted by Crippen LogP contribution is 2.33. The van der Waals surface area contributed by atoms with Crippen LogP contribution < -0.4 is 10.6 Å². The quantitative estimate of drug-likeness (QED) is 0.300. The van der Waals surface area contributed by atoms with Crippen LogP contribution in [0.2, 0.25) is 0 Å². The molecule has 0 amide bonds. The van der Waals surface area contributed by atoms with Crippen LogP contribution in [0, 0.1) is 5.92 Å². The Hall–Kier alpha value is -4.48. The van der Waals surface area contributed by atoms with Gasteiger partial charge in [0, 0.05) is 42.8 Å². The van der Waals surface area contributed by atoms with Gasteiger partial charge in [0.15, 0.2) is 5.65 Å². The Labute approximate surface area is 228 Å². The van der Waals surface area contributed by atoms with Gasteiger partial charge in [-0.2, -0.15) is 23.3 Å². The number of hydrogen-bond acceptors (Lipinski definition) is 7. The van der Waals surface area contributed by atoms with Crippen LogP contribution in [0.25, 0.3) is 28.0 Å². The third-order valence-corrected chi connectivity index (χ3v) is 7.20. The Balaban J connectivity index is 1.36. The van der Waals surface area contributed by atoms with Crippen LogP contribution in [-0.2, 0) is 6.18 Å². The van der Waals surface area contributed by atoms with E-state index in [4.69, 9.17) is 10.7 Å². The molecule has 2 N–H and O–H groups in total. The number of nitrogen functional groups attached to an aromatic ring is 1. The van der Waals surface area contributed by atoms with Crippen LogP contribution in [0.3, 0.4) is 0 Å². The van der Waals surface area contributed by atoms with Crippen molar-refractivity contribution in [2.45, 2.75) is 38.9 Å². The molecule has 206 valence electrons. The summed E-state index contributed by atoms with van der Waals surface area (Å²) in [6.45, 7) is 6.00. The van der Waals surface area contributed by atoms with Gasteiger partial charge in [-0.15, -0.1) is 5.10 Å². The van der Waals surface area contributed by atoms with Gasteiger partial charge in [0.05, 0.1) is 17.9 Å². The Kier molecular flexibility index (Phi) is 6.40. The van der Waals surface area contributed by atoms with Crippen LogP contribution in [0.4, 0.5) is 24.9 Å². The van der Waals surface area contributed by atoms with E-state index in [-0.39, 0.29) is 17.9 Å². The molecule has 1 saturated heterocycles. The molecule has 9 nitrogen and oxygen atoms in total. The van der Waals surface area contributed by atoms with E-state index in [0.717, 1.165) is 47.4 Å². The Morgan fingerprint density at radius 1 is 0.900 bits per heavy atom. The van der Waals surface area contributed by atoms with E-state index in [2.05, 4.69) is 25.1 Å². The van der Waals surface area contributed by atoms with E-state index in [1.807, 2.05) is 50.5 Å². The number of nitrogens with zero attached hydrogens (tertiary/aromatic N) is 8. The lowest BCUT2D eigenvalue weighted by Crippen LogP contribution is -2.18. The van der Waals surface area contributed by atoms with Crippen LogP contribution >= 0.6 is 0 Å². The van der Waals surface area contributed by atoms with E-state index in [1.54, 1.807) is 15.4 Å². The topological polar surface area (TPSA) is 103 Å². The van der Waals surface area contributed by atoms with Gasteiger partial charge in [0.25, 0.3) is 0 Å². The smallest absolute Gasteiger partial charge is 0.366 e. The average molecular weight is 548 g/mol. The fourth-order valence-corrected chi connectivity index (χ4v) is 5.27. The number of anilines is 2. The second kappa shape index (κ2) is 9.92. The molecule has 1 aliphatic heterocycles. The molecule has 0 bridgehead atoms. The zero-order chi connectivity index (χ0) is 28.0. The highest BCUT2D eigenvalue weighted by Gasteiger charge is 2.32. The number of nitrogens with two attached hydrogens (primary N) is 1. The molecular weight excluding hydrogens is 519 g/mol. The van der Waals surface area contributed by atoms with Crippen molar-refractivity contribution in [1.82, 2.24) is 34.3 Å². The lowest BCUT2D eigenvalue weighted by molar-refractivity contribution is -0.141. The predicted molar refractivity (Wildman–Crippen MR) is 146 cm³/mol. The van der Waals surface area contributed by atoms with Crippen molar-refractivity contribution >= 4 is 17.4 Å². The van der Waals surface area contributed by atoms with Gasteiger partial charge in [-0.3, -0.25) is 9.67 Å². The first-order valence-corrected chi connectivity index (χ1v) is 13.1. The highest BCUT2D eigenvalue weighted by atomic mass is 19.4. The fourth-order valence-electron chi connectivity index (χ4n) is 5.27. The maximum Gasteiger partial charge on any atom is 0.433 e. The zero-order valence-corrected chi connectivity index (χ0v) is 22.0. The molecule has 5 aromatic rings. The monoisotopic (exact) mass is 547 g/mol. The maximum atomic E-state index is 13.0. The van der Waals surface area contributed by atoms with Crippen LogP contribution in [-0.4, -0.2) is 47.4 Å². The third-order valence-electron chi connectivity index (χ3n) is 7.20. The van der Waals surface area contributed by atoms with Crippen molar-refractivity contribution in [2.75, 3.05) is 23.7 Å². The number of fused-ring (bicyclic) bond motifs is 1. The first-order valence-electron chi connectivity index (χ1n) is 13.1. The molecule has 6 heterocycles. The number of halogens is 3. The minimum Gasteiger partial charge on any atom is -0.366 e. The van der Waals surface area contributed by atoms with Crippen LogP contribution in [0.15, 0.2) is 61.2 Å². The van der Waals surface area contributed by atoms with Crippen molar-refractivity contribution < 1.29 is 13.2 Å². The molecule has 12 heteroatoms. The minimum atomic E-state index is -4.49. The molecule has 1 fully saturated rings. The van der Waals surface area contributed by atoms with E-state index in [0.29, 0.717) is 11.2 Å². The zero-order valence-electron chi connectivity index (χ0n) is 22.0. The Morgan fingerprint density at radius 2 is 1.70 bits per heavy atom. The van der Waals surface area contributed by atoms with Crippen molar-refractivity contribution in [3.8, 4) is 22.4 Å². The molecule has 0 spiro atoms. The SMILES string of the molecule is CC(C)C(c1ccc(C(F)(F)F)nc1)n1cc(-c2cc(-c3ccc(N4CCCC4)nc3)n3nc(N)nc3c2)cn1. The highest BCUT2D eigenvalue weighted by molar-refractivity contribution is 5.75. The summed E-state index contributed by atoms with van der Waals surface area (Å²) >= 11 is 0. The second-order valence-electron chi connectivity index (χ2n) is 10.3. The normalized spacial score (nSPS) is 14.9. The molecule has 5 aromatic heterocycles. The first kappa shape index (κ1) is 25.8. The van der Waals surface area contributed by atoms with Gasteiger partial charge in [0.2, 0.25) is 5.95 Å². The molecule has 1 atom stereocenters. The molecule has 0 radical (unpaired) electrons. The minimum absolute atomic E-state index is 0.0424. The van der Waals surface area contributed by atoms with Crippen molar-refractivity contribution in [3.63, 3.8) is 0 Å². The van der Waals surface area contributed by atoms with Gasteiger partial charge < -0.3 is 10.6 Å². The van der Waals surface area contributed by atoms with Gasteiger partial charge >= 0.3 is 6.18 Å². The standard InChI is InChI=1S/C28H28F3N9/c1-17(2)26(19-5-7-23(33-14-19)28(29,30)31)39-16-21(15-35-39)20-11-22(40-25(12-20)36-27(32)37-40)18-6-8-24(34-13-18)38-9-3-4-10-38/h5-8,11-17,26H,3-4,9-10H2,1-2H3,(H2,32,37). The number of pyridine rings is 3. The molecule has 0 saturated carbocycles. The second-order valence-corrected chi connectivity index (χ2v) is 10.3. The Morgan fingerprint density at radius 3 is 2.35 bits per heavy atom. The maximum absolute atomic E-state index is 13.0. The number of alkyl halides is 3. The first-order chi connectivity index (χ1) is 19.2. The predicted octanol–water partition coefficient (Wildman–Crippen LogP) is 5.50. The third kappa shape index (κ3) is 4.85. The summed E-state index contributed by atoms with van der Waals surface area (Å²) in [7, 11) is 0. The summed E-state index contributed by atoms with van der Waals surface area (Å²) in [5.74, 6) is 1.15. The summed E-state index contributed by atoms with van der Waals surface area (Å²) in [4.78, 5) is 15.0. The number of hydrogen-bond donors (Lipinski definition) is 1. The van der Waals surface area contributed by atoms with Crippen molar-refractivity contribution in [1.29, 1.82) is 0 Å². The van der Waals surface area contributed by atoms with Crippen molar-refractivity contribution in [3.05, 3.63) is 72.4 Å². The average Bonchev–Trinajstić information content (AvgIpc) is 3.69. The van der Waals surface area contributed by atoms with Crippen LogP contribution in [0.1, 0.15) is 44.0 Å². The molecule has 0 aliphatic carbocycles. The number of aromatic nitrogens is 7. The summed E-state index contributed by atoms with van der Waals surface area (Å²) in [6.07, 6.45) is 4.58. The molecular formula is C28H28F3N9. The van der Waals surface area contributed by atoms with Crippen molar-refractivity contribution in [2.24, 2.45) is 5.92 Å².